The van der Waals surface area contributed by atoms with Gasteiger partial charge in [0.25, 0.3) is 0 Å². The summed E-state index contributed by atoms with van der Waals surface area (Å²) in [5, 5.41) is 7.58. The SMILES string of the molecule is CCC(C#N)S(=O)(=O)NC(C)C(=O)N(C)CC. The van der Waals surface area contributed by atoms with E-state index in [0.717, 1.165) is 0 Å². The number of rotatable bonds is 6. The molecule has 0 aromatic carbocycles. The van der Waals surface area contributed by atoms with Crippen LogP contribution in [0.1, 0.15) is 27.2 Å². The number of sulfonamides is 1. The Morgan fingerprint density at radius 1 is 1.47 bits per heavy atom. The smallest absolute Gasteiger partial charge is 0.240 e. The lowest BCUT2D eigenvalue weighted by Gasteiger charge is -2.21. The summed E-state index contributed by atoms with van der Waals surface area (Å²) in [6.07, 6.45) is 0.191. The number of nitriles is 1. The highest BCUT2D eigenvalue weighted by atomic mass is 32.2. The number of carbonyl (C=O) groups excluding carboxylic acids is 1. The highest BCUT2D eigenvalue weighted by molar-refractivity contribution is 7.90. The van der Waals surface area contributed by atoms with Gasteiger partial charge in [-0.15, -0.1) is 0 Å². The minimum Gasteiger partial charge on any atom is -0.345 e. The Balaban J connectivity index is 4.75. The van der Waals surface area contributed by atoms with Gasteiger partial charge < -0.3 is 4.90 Å². The van der Waals surface area contributed by atoms with E-state index in [0.29, 0.717) is 6.54 Å². The van der Waals surface area contributed by atoms with Crippen LogP contribution in [0.4, 0.5) is 0 Å². The number of nitrogens with zero attached hydrogens (tertiary/aromatic N) is 2. The van der Waals surface area contributed by atoms with Gasteiger partial charge in [0.2, 0.25) is 15.9 Å². The standard InChI is InChI=1S/C10H19N3O3S/c1-5-9(7-11)17(15,16)12-8(3)10(14)13(4)6-2/h8-9,12H,5-6H2,1-4H3. The quantitative estimate of drug-likeness (QED) is 0.733. The Labute approximate surface area is 103 Å². The molecule has 2 atom stereocenters. The summed E-state index contributed by atoms with van der Waals surface area (Å²) in [5.74, 6) is -0.316. The Hall–Kier alpha value is -1.13. The van der Waals surface area contributed by atoms with Gasteiger partial charge in [0, 0.05) is 13.6 Å². The van der Waals surface area contributed by atoms with Gasteiger partial charge in [-0.3, -0.25) is 4.79 Å². The van der Waals surface area contributed by atoms with Gasteiger partial charge in [-0.25, -0.2) is 13.1 Å². The number of amides is 1. The molecule has 0 heterocycles. The van der Waals surface area contributed by atoms with E-state index in [2.05, 4.69) is 4.72 Å². The van der Waals surface area contributed by atoms with E-state index >= 15 is 0 Å². The molecule has 0 saturated carbocycles. The van der Waals surface area contributed by atoms with Crippen LogP contribution in [0.15, 0.2) is 0 Å². The second-order valence-electron chi connectivity index (χ2n) is 3.76. The van der Waals surface area contributed by atoms with E-state index < -0.39 is 21.3 Å². The van der Waals surface area contributed by atoms with E-state index in [1.807, 2.05) is 0 Å². The lowest BCUT2D eigenvalue weighted by atomic mass is 10.3. The van der Waals surface area contributed by atoms with E-state index in [9.17, 15) is 13.2 Å². The van der Waals surface area contributed by atoms with E-state index in [1.165, 1.54) is 11.8 Å². The van der Waals surface area contributed by atoms with Crippen LogP contribution in [-0.4, -0.2) is 44.1 Å². The van der Waals surface area contributed by atoms with E-state index in [-0.39, 0.29) is 12.3 Å². The lowest BCUT2D eigenvalue weighted by molar-refractivity contribution is -0.131. The van der Waals surface area contributed by atoms with Gasteiger partial charge >= 0.3 is 0 Å². The molecular weight excluding hydrogens is 242 g/mol. The van der Waals surface area contributed by atoms with Gasteiger partial charge in [0.15, 0.2) is 5.25 Å². The highest BCUT2D eigenvalue weighted by Crippen LogP contribution is 2.04. The number of hydrogen-bond acceptors (Lipinski definition) is 4. The molecule has 1 amide bonds. The Bertz CT molecular complexity index is 400. The molecular formula is C10H19N3O3S. The molecule has 0 aliphatic rings. The molecule has 0 saturated heterocycles. The molecule has 98 valence electrons. The first-order chi connectivity index (χ1) is 7.80. The molecule has 2 unspecified atom stereocenters. The zero-order valence-corrected chi connectivity index (χ0v) is 11.4. The second-order valence-corrected chi connectivity index (χ2v) is 5.66. The lowest BCUT2D eigenvalue weighted by Crippen LogP contribution is -2.47. The van der Waals surface area contributed by atoms with Crippen LogP contribution in [0.5, 0.6) is 0 Å². The zero-order chi connectivity index (χ0) is 13.6. The van der Waals surface area contributed by atoms with Crippen molar-refractivity contribution in [1.29, 1.82) is 5.26 Å². The van der Waals surface area contributed by atoms with Gasteiger partial charge in [0.05, 0.1) is 12.1 Å². The predicted octanol–water partition coefficient (Wildman–Crippen LogP) is 0.0748. The third-order valence-corrected chi connectivity index (χ3v) is 4.32. The maximum absolute atomic E-state index is 11.7. The Morgan fingerprint density at radius 2 is 2.00 bits per heavy atom. The van der Waals surface area contributed by atoms with Crippen molar-refractivity contribution in [2.24, 2.45) is 0 Å². The van der Waals surface area contributed by atoms with Gasteiger partial charge in [0.1, 0.15) is 0 Å². The second kappa shape index (κ2) is 6.57. The first-order valence-corrected chi connectivity index (χ1v) is 7.00. The molecule has 0 spiro atoms. The summed E-state index contributed by atoms with van der Waals surface area (Å²) in [4.78, 5) is 13.1. The van der Waals surface area contributed by atoms with Gasteiger partial charge in [-0.2, -0.15) is 5.26 Å². The van der Waals surface area contributed by atoms with Crippen molar-refractivity contribution in [1.82, 2.24) is 9.62 Å². The molecule has 0 aliphatic carbocycles. The van der Waals surface area contributed by atoms with Gasteiger partial charge in [-0.1, -0.05) is 6.92 Å². The fourth-order valence-corrected chi connectivity index (χ4v) is 2.58. The summed E-state index contributed by atoms with van der Waals surface area (Å²) in [6.45, 7) is 5.37. The minimum atomic E-state index is -3.77. The summed E-state index contributed by atoms with van der Waals surface area (Å²) < 4.78 is 25.7. The average Bonchev–Trinajstić information content (AvgIpc) is 2.27. The molecule has 17 heavy (non-hydrogen) atoms. The number of carbonyl (C=O) groups is 1. The topological polar surface area (TPSA) is 90.3 Å². The molecule has 0 rings (SSSR count). The first-order valence-electron chi connectivity index (χ1n) is 5.45. The first kappa shape index (κ1) is 15.9. The molecule has 0 aromatic heterocycles. The average molecular weight is 261 g/mol. The van der Waals surface area contributed by atoms with Crippen molar-refractivity contribution in [3.63, 3.8) is 0 Å². The van der Waals surface area contributed by atoms with E-state index in [1.54, 1.807) is 27.0 Å². The van der Waals surface area contributed by atoms with Crippen molar-refractivity contribution >= 4 is 15.9 Å². The molecule has 0 bridgehead atoms. The van der Waals surface area contributed by atoms with Crippen molar-refractivity contribution in [2.75, 3.05) is 13.6 Å². The van der Waals surface area contributed by atoms with Crippen LogP contribution in [0.2, 0.25) is 0 Å². The maximum atomic E-state index is 11.7. The molecule has 7 heteroatoms. The summed E-state index contributed by atoms with van der Waals surface area (Å²) >= 11 is 0. The minimum absolute atomic E-state index is 0.191. The molecule has 0 aliphatic heterocycles. The summed E-state index contributed by atoms with van der Waals surface area (Å²) in [6, 6.07) is 0.850. The third-order valence-electron chi connectivity index (χ3n) is 2.45. The Kier molecular flexibility index (Phi) is 6.13. The highest BCUT2D eigenvalue weighted by Gasteiger charge is 2.28. The van der Waals surface area contributed by atoms with Crippen molar-refractivity contribution in [2.45, 2.75) is 38.5 Å². The molecule has 0 fully saturated rings. The fourth-order valence-electron chi connectivity index (χ4n) is 1.25. The van der Waals surface area contributed by atoms with Crippen LogP contribution in [0, 0.1) is 11.3 Å². The van der Waals surface area contributed by atoms with E-state index in [4.69, 9.17) is 5.26 Å². The molecule has 0 radical (unpaired) electrons. The van der Waals surface area contributed by atoms with Crippen LogP contribution in [-0.2, 0) is 14.8 Å². The molecule has 6 nitrogen and oxygen atoms in total. The maximum Gasteiger partial charge on any atom is 0.240 e. The molecule has 0 aromatic rings. The largest absolute Gasteiger partial charge is 0.345 e. The predicted molar refractivity (Wildman–Crippen MR) is 64.5 cm³/mol. The number of hydrogen-bond donors (Lipinski definition) is 1. The third kappa shape index (κ3) is 4.32. The Morgan fingerprint density at radius 3 is 2.35 bits per heavy atom. The van der Waals surface area contributed by atoms with Crippen molar-refractivity contribution in [3.05, 3.63) is 0 Å². The summed E-state index contributed by atoms with van der Waals surface area (Å²) in [5.41, 5.74) is 0. The normalized spacial score (nSPS) is 14.8. The van der Waals surface area contributed by atoms with Crippen molar-refractivity contribution in [3.8, 4) is 6.07 Å². The summed E-state index contributed by atoms with van der Waals surface area (Å²) in [7, 11) is -2.18. The van der Waals surface area contributed by atoms with Crippen LogP contribution in [0.25, 0.3) is 0 Å². The van der Waals surface area contributed by atoms with Crippen LogP contribution >= 0.6 is 0 Å². The van der Waals surface area contributed by atoms with Crippen molar-refractivity contribution < 1.29 is 13.2 Å². The van der Waals surface area contributed by atoms with Crippen LogP contribution < -0.4 is 4.72 Å². The fraction of sp³-hybridized carbons (Fsp3) is 0.800. The number of nitrogens with one attached hydrogen (secondary N) is 1. The molecule has 1 N–H and O–H groups in total. The van der Waals surface area contributed by atoms with Crippen LogP contribution in [0.3, 0.4) is 0 Å². The van der Waals surface area contributed by atoms with Gasteiger partial charge in [-0.05, 0) is 20.3 Å². The zero-order valence-electron chi connectivity index (χ0n) is 10.6. The monoisotopic (exact) mass is 261 g/mol. The number of likely N-dealkylation sites (N-methyl/N-ethyl adjacent to an activating group) is 1.